The molecule has 0 aliphatic carbocycles. The van der Waals surface area contributed by atoms with Gasteiger partial charge >= 0.3 is 0 Å². The number of benzene rings is 2. The van der Waals surface area contributed by atoms with Crippen molar-refractivity contribution in [1.82, 2.24) is 14.9 Å². The maximum Gasteiger partial charge on any atom is 0.265 e. The lowest BCUT2D eigenvalue weighted by Gasteiger charge is -2.06. The summed E-state index contributed by atoms with van der Waals surface area (Å²) in [4.78, 5) is 13.0. The number of aromatic nitrogens is 2. The Morgan fingerprint density at radius 3 is 2.81 bits per heavy atom. The highest BCUT2D eigenvalue weighted by Gasteiger charge is 2.18. The third-order valence-corrected chi connectivity index (χ3v) is 4.67. The summed E-state index contributed by atoms with van der Waals surface area (Å²) in [6.07, 6.45) is 0. The van der Waals surface area contributed by atoms with Gasteiger partial charge in [0.15, 0.2) is 11.5 Å². The fourth-order valence-corrected chi connectivity index (χ4v) is 3.20. The second-order valence-corrected chi connectivity index (χ2v) is 6.30. The maximum atomic E-state index is 12.6. The lowest BCUT2D eigenvalue weighted by Crippen LogP contribution is -2.22. The van der Waals surface area contributed by atoms with Crippen LogP contribution in [0.5, 0.6) is 17.2 Å². The van der Waals surface area contributed by atoms with Crippen molar-refractivity contribution < 1.29 is 19.0 Å². The van der Waals surface area contributed by atoms with Crippen LogP contribution in [0.3, 0.4) is 0 Å². The Balaban J connectivity index is 1.48. The summed E-state index contributed by atoms with van der Waals surface area (Å²) in [7, 11) is 1.61. The monoisotopic (exact) mass is 369 g/mol. The van der Waals surface area contributed by atoms with Crippen molar-refractivity contribution >= 4 is 17.4 Å². The molecule has 2 aromatic carbocycles. The molecule has 7 nitrogen and oxygen atoms in total. The molecule has 0 bridgehead atoms. The number of nitrogens with one attached hydrogen (secondary N) is 1. The molecule has 1 aliphatic heterocycles. The molecule has 1 N–H and O–H groups in total. The van der Waals surface area contributed by atoms with Gasteiger partial charge in [-0.1, -0.05) is 10.6 Å². The van der Waals surface area contributed by atoms with Gasteiger partial charge in [0.05, 0.1) is 7.11 Å². The molecule has 0 atom stereocenters. The number of rotatable bonds is 5. The minimum atomic E-state index is -0.219. The first-order valence-corrected chi connectivity index (χ1v) is 8.65. The summed E-state index contributed by atoms with van der Waals surface area (Å²) in [5, 5.41) is 6.99. The van der Waals surface area contributed by atoms with Gasteiger partial charge in [-0.2, -0.15) is 0 Å². The smallest absolute Gasteiger partial charge is 0.265 e. The van der Waals surface area contributed by atoms with Crippen molar-refractivity contribution in [3.8, 4) is 28.5 Å². The van der Waals surface area contributed by atoms with Crippen LogP contribution in [0.25, 0.3) is 11.3 Å². The number of amides is 1. The van der Waals surface area contributed by atoms with Crippen molar-refractivity contribution in [2.24, 2.45) is 0 Å². The van der Waals surface area contributed by atoms with E-state index in [9.17, 15) is 4.79 Å². The van der Waals surface area contributed by atoms with E-state index in [4.69, 9.17) is 14.2 Å². The number of fused-ring (bicyclic) bond motifs is 1. The van der Waals surface area contributed by atoms with E-state index in [2.05, 4.69) is 14.9 Å². The number of carbonyl (C=O) groups is 1. The number of ether oxygens (including phenoxy) is 3. The maximum absolute atomic E-state index is 12.6. The zero-order chi connectivity index (χ0) is 17.9. The van der Waals surface area contributed by atoms with Crippen LogP contribution in [-0.2, 0) is 6.54 Å². The molecule has 0 radical (unpaired) electrons. The Labute approximate surface area is 153 Å². The van der Waals surface area contributed by atoms with Crippen molar-refractivity contribution in [2.75, 3.05) is 13.9 Å². The second kappa shape index (κ2) is 7.01. The quantitative estimate of drug-likeness (QED) is 0.745. The van der Waals surface area contributed by atoms with Gasteiger partial charge in [0, 0.05) is 12.1 Å². The van der Waals surface area contributed by atoms with Gasteiger partial charge in [0.1, 0.15) is 16.3 Å². The molecule has 1 aliphatic rings. The molecule has 1 aromatic heterocycles. The van der Waals surface area contributed by atoms with Gasteiger partial charge in [-0.05, 0) is 53.5 Å². The van der Waals surface area contributed by atoms with E-state index in [-0.39, 0.29) is 12.7 Å². The second-order valence-electron chi connectivity index (χ2n) is 5.55. The van der Waals surface area contributed by atoms with Gasteiger partial charge in [-0.3, -0.25) is 4.79 Å². The lowest BCUT2D eigenvalue weighted by atomic mass is 10.1. The minimum absolute atomic E-state index is 0.219. The van der Waals surface area contributed by atoms with Crippen molar-refractivity contribution in [1.29, 1.82) is 0 Å². The topological polar surface area (TPSA) is 82.6 Å². The minimum Gasteiger partial charge on any atom is -0.497 e. The zero-order valence-electron chi connectivity index (χ0n) is 13.9. The van der Waals surface area contributed by atoms with E-state index in [0.29, 0.717) is 28.6 Å². The van der Waals surface area contributed by atoms with Crippen LogP contribution in [0.2, 0.25) is 0 Å². The summed E-state index contributed by atoms with van der Waals surface area (Å²) in [5.74, 6) is 1.93. The van der Waals surface area contributed by atoms with Gasteiger partial charge in [0.2, 0.25) is 6.79 Å². The van der Waals surface area contributed by atoms with E-state index in [0.717, 1.165) is 28.4 Å². The average Bonchev–Trinajstić information content (AvgIpc) is 3.35. The molecule has 0 unspecified atom stereocenters. The zero-order valence-corrected chi connectivity index (χ0v) is 14.7. The first-order valence-electron chi connectivity index (χ1n) is 7.88. The normalized spacial score (nSPS) is 12.0. The SMILES string of the molecule is COc1ccc(-c2nnsc2C(=O)NCc2ccc3c(c2)OCO3)cc1. The highest BCUT2D eigenvalue weighted by molar-refractivity contribution is 7.08. The summed E-state index contributed by atoms with van der Waals surface area (Å²) >= 11 is 1.07. The molecule has 26 heavy (non-hydrogen) atoms. The Bertz CT molecular complexity index is 940. The van der Waals surface area contributed by atoms with Crippen LogP contribution >= 0.6 is 11.5 Å². The number of carbonyl (C=O) groups excluding carboxylic acids is 1. The highest BCUT2D eigenvalue weighted by atomic mass is 32.1. The Kier molecular flexibility index (Phi) is 4.40. The largest absolute Gasteiger partial charge is 0.497 e. The van der Waals surface area contributed by atoms with Crippen molar-refractivity contribution in [3.63, 3.8) is 0 Å². The number of hydrogen-bond acceptors (Lipinski definition) is 7. The van der Waals surface area contributed by atoms with Crippen LogP contribution < -0.4 is 19.5 Å². The molecule has 0 saturated carbocycles. The predicted octanol–water partition coefficient (Wildman–Crippen LogP) is 2.87. The summed E-state index contributed by atoms with van der Waals surface area (Å²) in [5.41, 5.74) is 2.29. The van der Waals surface area contributed by atoms with Crippen molar-refractivity contribution in [3.05, 3.63) is 52.9 Å². The Morgan fingerprint density at radius 2 is 2.00 bits per heavy atom. The first-order chi connectivity index (χ1) is 12.7. The molecule has 0 fully saturated rings. The molecule has 2 heterocycles. The molecule has 0 spiro atoms. The molecule has 3 aromatic rings. The van der Waals surface area contributed by atoms with Crippen LogP contribution in [0.15, 0.2) is 42.5 Å². The first kappa shape index (κ1) is 16.3. The van der Waals surface area contributed by atoms with Crippen LogP contribution in [-0.4, -0.2) is 29.4 Å². The predicted molar refractivity (Wildman–Crippen MR) is 95.6 cm³/mol. The average molecular weight is 369 g/mol. The van der Waals surface area contributed by atoms with Gasteiger partial charge in [-0.15, -0.1) is 5.10 Å². The van der Waals surface area contributed by atoms with E-state index in [1.54, 1.807) is 7.11 Å². The molecule has 132 valence electrons. The molecular weight excluding hydrogens is 354 g/mol. The van der Waals surface area contributed by atoms with Gasteiger partial charge in [-0.25, -0.2) is 0 Å². The van der Waals surface area contributed by atoms with E-state index < -0.39 is 0 Å². The van der Waals surface area contributed by atoms with E-state index in [1.807, 2.05) is 42.5 Å². The molecular formula is C18H15N3O4S. The number of hydrogen-bond donors (Lipinski definition) is 1. The Hall–Kier alpha value is -3.13. The van der Waals surface area contributed by atoms with Crippen LogP contribution in [0, 0.1) is 0 Å². The number of methoxy groups -OCH3 is 1. The highest BCUT2D eigenvalue weighted by Crippen LogP contribution is 2.32. The third kappa shape index (κ3) is 3.18. The Morgan fingerprint density at radius 1 is 1.19 bits per heavy atom. The molecule has 0 saturated heterocycles. The van der Waals surface area contributed by atoms with E-state index in [1.165, 1.54) is 0 Å². The summed E-state index contributed by atoms with van der Waals surface area (Å²) in [6, 6.07) is 12.9. The fourth-order valence-electron chi connectivity index (χ4n) is 2.59. The van der Waals surface area contributed by atoms with Crippen molar-refractivity contribution in [2.45, 2.75) is 6.54 Å². The van der Waals surface area contributed by atoms with Crippen LogP contribution in [0.4, 0.5) is 0 Å². The third-order valence-electron chi connectivity index (χ3n) is 3.95. The fraction of sp³-hybridized carbons (Fsp3) is 0.167. The molecule has 1 amide bonds. The van der Waals surface area contributed by atoms with Crippen LogP contribution in [0.1, 0.15) is 15.2 Å². The molecule has 4 rings (SSSR count). The lowest BCUT2D eigenvalue weighted by molar-refractivity contribution is 0.0955. The van der Waals surface area contributed by atoms with Gasteiger partial charge in [0.25, 0.3) is 5.91 Å². The summed E-state index contributed by atoms with van der Waals surface area (Å²) < 4.78 is 19.7. The number of nitrogens with zero attached hydrogens (tertiary/aromatic N) is 2. The van der Waals surface area contributed by atoms with E-state index >= 15 is 0 Å². The standard InChI is InChI=1S/C18H15N3O4S/c1-23-13-5-3-12(4-6-13)16-17(26-21-20-16)18(22)19-9-11-2-7-14-15(8-11)25-10-24-14/h2-8H,9-10H2,1H3,(H,19,22). The molecule has 8 heteroatoms. The van der Waals surface area contributed by atoms with Gasteiger partial charge < -0.3 is 19.5 Å². The summed E-state index contributed by atoms with van der Waals surface area (Å²) in [6.45, 7) is 0.596.